The monoisotopic (exact) mass is 814 g/mol. The fourth-order valence-corrected chi connectivity index (χ4v) is 14.1. The van der Waals surface area contributed by atoms with Gasteiger partial charge in [0.05, 0.1) is 5.69 Å². The molecule has 2 heteroatoms. The molecule has 63 heavy (non-hydrogen) atoms. The number of rotatable bonds is 7. The molecule has 0 N–H and O–H groups in total. The number of hydrogen-bond acceptors (Lipinski definition) is 2. The highest BCUT2D eigenvalue weighted by molar-refractivity contribution is 5.96. The predicted molar refractivity (Wildman–Crippen MR) is 262 cm³/mol. The van der Waals surface area contributed by atoms with E-state index in [1.165, 1.54) is 111 Å². The summed E-state index contributed by atoms with van der Waals surface area (Å²) < 4.78 is 0. The molecule has 7 aromatic carbocycles. The Bertz CT molecular complexity index is 2940. The topological polar surface area (TPSA) is 6.48 Å². The summed E-state index contributed by atoms with van der Waals surface area (Å²) in [7, 11) is 0. The Hall–Kier alpha value is -6.38. The molecule has 7 aliphatic carbocycles. The highest BCUT2D eigenvalue weighted by Gasteiger charge is 2.62. The van der Waals surface area contributed by atoms with E-state index in [9.17, 15) is 0 Å². The summed E-state index contributed by atoms with van der Waals surface area (Å²) in [6, 6.07) is 62.5. The highest BCUT2D eigenvalue weighted by atomic mass is 15.2. The van der Waals surface area contributed by atoms with E-state index in [-0.39, 0.29) is 10.8 Å². The number of fused-ring (bicyclic) bond motifs is 6. The molecule has 0 atom stereocenters. The molecule has 0 heterocycles. The minimum absolute atomic E-state index is 0.0466. The van der Waals surface area contributed by atoms with Crippen molar-refractivity contribution < 1.29 is 0 Å². The second-order valence-corrected chi connectivity index (χ2v) is 20.0. The van der Waals surface area contributed by atoms with Crippen molar-refractivity contribution in [2.75, 3.05) is 9.80 Å². The molecule has 7 aromatic rings. The SMILES string of the molecule is CC1(C)c2ccccc2-c2ccc(N(C3=CCCC=C3)c3ccccc3-c3cccc4c3C3(c5cc(N(c6ccccc6)c6ccccc6)ccc5-4)C4CC5CC(C4)CC3C5)cc21. The Morgan fingerprint density at radius 2 is 0.968 bits per heavy atom. The average Bonchev–Trinajstić information content (AvgIpc) is 3.74. The average molecular weight is 815 g/mol. The Morgan fingerprint density at radius 1 is 0.429 bits per heavy atom. The van der Waals surface area contributed by atoms with E-state index in [1.54, 1.807) is 11.1 Å². The van der Waals surface area contributed by atoms with Gasteiger partial charge >= 0.3 is 0 Å². The van der Waals surface area contributed by atoms with Gasteiger partial charge in [-0.05, 0) is 179 Å². The molecule has 0 radical (unpaired) electrons. The third-order valence-corrected chi connectivity index (χ3v) is 16.4. The standard InChI is InChI=1S/C61H54N2/c1-60(2)55-27-14-12-23-49(55)50-31-30-48(38-56(50)60)63(46-21-10-5-11-22-46)58-28-15-13-24-52(58)54-26-16-25-53-51-32-29-47(62(44-17-6-3-7-18-44)45-19-8-4-9-20-45)39-57(51)61(59(53)54)42-34-40-33-41(36-42)37-43(61)35-40/h3-4,6-10,12-32,38-43H,5,11,33-37H2,1-2H3. The van der Waals surface area contributed by atoms with E-state index in [0.29, 0.717) is 11.8 Å². The maximum Gasteiger partial charge on any atom is 0.0540 e. The van der Waals surface area contributed by atoms with Crippen LogP contribution in [0.3, 0.4) is 0 Å². The highest BCUT2D eigenvalue weighted by Crippen LogP contribution is 2.71. The quantitative estimate of drug-likeness (QED) is 0.158. The molecule has 0 aromatic heterocycles. The van der Waals surface area contributed by atoms with Crippen LogP contribution in [0.1, 0.15) is 81.0 Å². The molecule has 7 aliphatic rings. The van der Waals surface area contributed by atoms with Crippen LogP contribution in [0.4, 0.5) is 28.4 Å². The van der Waals surface area contributed by atoms with E-state index >= 15 is 0 Å². The van der Waals surface area contributed by atoms with Crippen LogP contribution in [0.25, 0.3) is 33.4 Å². The van der Waals surface area contributed by atoms with Crippen LogP contribution in [-0.2, 0) is 10.8 Å². The Kier molecular flexibility index (Phi) is 8.30. The lowest BCUT2D eigenvalue weighted by molar-refractivity contribution is -0.0397. The largest absolute Gasteiger partial charge is 0.310 e. The lowest BCUT2D eigenvalue weighted by atomic mass is 9.42. The van der Waals surface area contributed by atoms with Crippen LogP contribution in [0.2, 0.25) is 0 Å². The van der Waals surface area contributed by atoms with Crippen LogP contribution in [0.5, 0.6) is 0 Å². The van der Waals surface area contributed by atoms with Gasteiger partial charge in [0.2, 0.25) is 0 Å². The van der Waals surface area contributed by atoms with Gasteiger partial charge in [-0.1, -0.05) is 135 Å². The molecule has 308 valence electrons. The van der Waals surface area contributed by atoms with Gasteiger partial charge in [0.25, 0.3) is 0 Å². The zero-order valence-electron chi connectivity index (χ0n) is 36.5. The Morgan fingerprint density at radius 3 is 1.63 bits per heavy atom. The fourth-order valence-electron chi connectivity index (χ4n) is 14.1. The van der Waals surface area contributed by atoms with Gasteiger partial charge in [0, 0.05) is 44.8 Å². The van der Waals surface area contributed by atoms with E-state index < -0.39 is 0 Å². The number of nitrogens with zero attached hydrogens (tertiary/aromatic N) is 2. The van der Waals surface area contributed by atoms with Crippen LogP contribution >= 0.6 is 0 Å². The molecule has 4 bridgehead atoms. The number of hydrogen-bond donors (Lipinski definition) is 0. The lowest BCUT2D eigenvalue weighted by Crippen LogP contribution is -2.55. The van der Waals surface area contributed by atoms with Gasteiger partial charge in [0.15, 0.2) is 0 Å². The van der Waals surface area contributed by atoms with Gasteiger partial charge in [-0.25, -0.2) is 0 Å². The first kappa shape index (κ1) is 37.2. The third kappa shape index (κ3) is 5.43. The van der Waals surface area contributed by atoms with Crippen molar-refractivity contribution in [2.24, 2.45) is 23.7 Å². The summed E-state index contributed by atoms with van der Waals surface area (Å²) in [5, 5.41) is 0. The molecule has 0 aliphatic heterocycles. The third-order valence-electron chi connectivity index (χ3n) is 16.4. The van der Waals surface area contributed by atoms with E-state index in [4.69, 9.17) is 0 Å². The van der Waals surface area contributed by atoms with Crippen molar-refractivity contribution in [1.29, 1.82) is 0 Å². The zero-order chi connectivity index (χ0) is 41.9. The number of anilines is 5. The molecule has 0 unspecified atom stereocenters. The first-order valence-corrected chi connectivity index (χ1v) is 23.7. The van der Waals surface area contributed by atoms with Gasteiger partial charge in [-0.3, -0.25) is 0 Å². The molecule has 14 rings (SSSR count). The van der Waals surface area contributed by atoms with Crippen LogP contribution in [0, 0.1) is 23.7 Å². The normalized spacial score (nSPS) is 23.8. The molecule has 4 saturated carbocycles. The van der Waals surface area contributed by atoms with Crippen molar-refractivity contribution in [3.8, 4) is 33.4 Å². The first-order valence-electron chi connectivity index (χ1n) is 23.7. The molecule has 2 nitrogen and oxygen atoms in total. The summed E-state index contributed by atoms with van der Waals surface area (Å²) in [4.78, 5) is 5.06. The molecule has 0 amide bonds. The van der Waals surface area contributed by atoms with Crippen LogP contribution in [0.15, 0.2) is 188 Å². The molecular weight excluding hydrogens is 761 g/mol. The Balaban J connectivity index is 1.02. The lowest BCUT2D eigenvalue weighted by Gasteiger charge is -2.61. The van der Waals surface area contributed by atoms with Crippen molar-refractivity contribution in [3.05, 3.63) is 210 Å². The summed E-state index contributed by atoms with van der Waals surface area (Å²) in [6.07, 6.45) is 16.1. The maximum atomic E-state index is 2.64. The number of para-hydroxylation sites is 3. The molecule has 4 fully saturated rings. The summed E-state index contributed by atoms with van der Waals surface area (Å²) in [5.74, 6) is 2.96. The maximum absolute atomic E-state index is 2.64. The predicted octanol–water partition coefficient (Wildman–Crippen LogP) is 16.2. The number of benzene rings is 7. The smallest absolute Gasteiger partial charge is 0.0540 e. The summed E-state index contributed by atoms with van der Waals surface area (Å²) in [6.45, 7) is 4.80. The summed E-state index contributed by atoms with van der Waals surface area (Å²) in [5.41, 5.74) is 21.6. The molecular formula is C61H54N2. The second-order valence-electron chi connectivity index (χ2n) is 20.0. The Labute approximate surface area is 373 Å². The first-order chi connectivity index (χ1) is 31.0. The van der Waals surface area contributed by atoms with E-state index in [0.717, 1.165) is 24.7 Å². The van der Waals surface area contributed by atoms with E-state index in [2.05, 4.69) is 206 Å². The van der Waals surface area contributed by atoms with Gasteiger partial charge in [-0.15, -0.1) is 0 Å². The van der Waals surface area contributed by atoms with Gasteiger partial charge in [-0.2, -0.15) is 0 Å². The minimum atomic E-state index is -0.0861. The van der Waals surface area contributed by atoms with Crippen molar-refractivity contribution in [2.45, 2.75) is 69.6 Å². The number of allylic oxidation sites excluding steroid dienone is 3. The van der Waals surface area contributed by atoms with Gasteiger partial charge in [0.1, 0.15) is 0 Å². The zero-order valence-corrected chi connectivity index (χ0v) is 36.5. The van der Waals surface area contributed by atoms with Crippen molar-refractivity contribution >= 4 is 28.4 Å². The van der Waals surface area contributed by atoms with Crippen LogP contribution < -0.4 is 9.80 Å². The van der Waals surface area contributed by atoms with Crippen molar-refractivity contribution in [1.82, 2.24) is 0 Å². The van der Waals surface area contributed by atoms with Crippen molar-refractivity contribution in [3.63, 3.8) is 0 Å². The molecule has 0 saturated heterocycles. The van der Waals surface area contributed by atoms with Crippen LogP contribution in [-0.4, -0.2) is 0 Å². The van der Waals surface area contributed by atoms with E-state index in [1.807, 2.05) is 0 Å². The minimum Gasteiger partial charge on any atom is -0.310 e. The summed E-state index contributed by atoms with van der Waals surface area (Å²) >= 11 is 0. The molecule has 1 spiro atoms. The fraction of sp³-hybridized carbons (Fsp3) is 0.246. The van der Waals surface area contributed by atoms with Gasteiger partial charge < -0.3 is 9.80 Å². The second kappa shape index (κ2) is 14.1.